The smallest absolute Gasteiger partial charge is 0.269 e. The third-order valence-corrected chi connectivity index (χ3v) is 4.78. The van der Waals surface area contributed by atoms with Crippen molar-refractivity contribution in [1.29, 1.82) is 0 Å². The van der Waals surface area contributed by atoms with Crippen molar-refractivity contribution in [3.63, 3.8) is 0 Å². The van der Waals surface area contributed by atoms with Crippen molar-refractivity contribution in [2.45, 2.75) is 17.1 Å². The minimum Gasteiger partial charge on any atom is -0.486 e. The summed E-state index contributed by atoms with van der Waals surface area (Å²) in [5, 5.41) is 19.7. The number of rotatable bonds is 5. The predicted octanol–water partition coefficient (Wildman–Crippen LogP) is 3.11. The van der Waals surface area contributed by atoms with E-state index in [0.717, 1.165) is 16.5 Å². The number of aromatic nitrogens is 3. The summed E-state index contributed by atoms with van der Waals surface area (Å²) < 4.78 is 7.50. The summed E-state index contributed by atoms with van der Waals surface area (Å²) in [7, 11) is 0. The number of nitrogens with one attached hydrogen (secondary N) is 1. The fourth-order valence-electron chi connectivity index (χ4n) is 2.43. The molecule has 1 aliphatic rings. The van der Waals surface area contributed by atoms with Crippen LogP contribution in [0.1, 0.15) is 16.8 Å². The van der Waals surface area contributed by atoms with Gasteiger partial charge in [-0.2, -0.15) is 0 Å². The van der Waals surface area contributed by atoms with E-state index in [1.165, 1.54) is 23.9 Å². The van der Waals surface area contributed by atoms with Gasteiger partial charge in [0.15, 0.2) is 5.82 Å². The van der Waals surface area contributed by atoms with Crippen LogP contribution >= 0.6 is 11.8 Å². The molecule has 0 amide bonds. The Labute approximate surface area is 147 Å². The quantitative estimate of drug-likeness (QED) is 0.555. The van der Waals surface area contributed by atoms with E-state index in [1.807, 2.05) is 30.3 Å². The third-order valence-electron chi connectivity index (χ3n) is 3.69. The molecular formula is C16H13N5O3S. The lowest BCUT2D eigenvalue weighted by Gasteiger charge is -2.12. The van der Waals surface area contributed by atoms with Gasteiger partial charge in [-0.3, -0.25) is 10.1 Å². The van der Waals surface area contributed by atoms with Crippen molar-refractivity contribution in [1.82, 2.24) is 14.9 Å². The molecule has 0 fully saturated rings. The van der Waals surface area contributed by atoms with E-state index in [-0.39, 0.29) is 17.7 Å². The van der Waals surface area contributed by atoms with Gasteiger partial charge in [-0.15, -0.1) is 10.2 Å². The first-order valence-electron chi connectivity index (χ1n) is 7.50. The maximum absolute atomic E-state index is 10.8. The molecule has 1 N–H and O–H groups in total. The highest BCUT2D eigenvalue weighted by atomic mass is 32.2. The molecule has 0 saturated carbocycles. The lowest BCUT2D eigenvalue weighted by atomic mass is 10.2. The van der Waals surface area contributed by atoms with Gasteiger partial charge in [0, 0.05) is 12.1 Å². The number of hydrogen-bond donors (Lipinski definition) is 1. The molecule has 25 heavy (non-hydrogen) atoms. The Morgan fingerprint density at radius 1 is 1.16 bits per heavy atom. The third kappa shape index (κ3) is 3.13. The van der Waals surface area contributed by atoms with Gasteiger partial charge in [-0.05, 0) is 29.8 Å². The van der Waals surface area contributed by atoms with Crippen molar-refractivity contribution in [2.75, 3.05) is 5.43 Å². The maximum Gasteiger partial charge on any atom is 0.269 e. The van der Waals surface area contributed by atoms with Crippen LogP contribution in [0.3, 0.4) is 0 Å². The van der Waals surface area contributed by atoms with Crippen LogP contribution in [0, 0.1) is 10.1 Å². The van der Waals surface area contributed by atoms with Crippen molar-refractivity contribution < 1.29 is 9.66 Å². The monoisotopic (exact) mass is 355 g/mol. The number of para-hydroxylation sites is 1. The first-order chi connectivity index (χ1) is 12.2. The summed E-state index contributed by atoms with van der Waals surface area (Å²) in [6, 6.07) is 16.0. The van der Waals surface area contributed by atoms with Gasteiger partial charge in [0.25, 0.3) is 5.69 Å². The number of hydrogen-bond acceptors (Lipinski definition) is 7. The van der Waals surface area contributed by atoms with Crippen LogP contribution in [0.15, 0.2) is 59.8 Å². The van der Waals surface area contributed by atoms with Crippen LogP contribution in [-0.4, -0.2) is 19.8 Å². The Morgan fingerprint density at radius 2 is 1.92 bits per heavy atom. The molecule has 1 aromatic heterocycles. The molecule has 2 aromatic carbocycles. The van der Waals surface area contributed by atoms with Gasteiger partial charge in [0.2, 0.25) is 5.16 Å². The van der Waals surface area contributed by atoms with E-state index in [4.69, 9.17) is 4.74 Å². The van der Waals surface area contributed by atoms with Gasteiger partial charge in [-0.1, -0.05) is 30.0 Å². The van der Waals surface area contributed by atoms with Gasteiger partial charge < -0.3 is 10.2 Å². The molecule has 0 saturated heterocycles. The number of benzene rings is 2. The van der Waals surface area contributed by atoms with E-state index in [2.05, 4.69) is 15.6 Å². The molecule has 1 aliphatic heterocycles. The molecule has 4 rings (SSSR count). The molecule has 9 heteroatoms. The van der Waals surface area contributed by atoms with Gasteiger partial charge >= 0.3 is 0 Å². The fourth-order valence-corrected chi connectivity index (χ4v) is 3.44. The van der Waals surface area contributed by atoms with E-state index in [9.17, 15) is 10.1 Å². The second-order valence-electron chi connectivity index (χ2n) is 5.31. The van der Waals surface area contributed by atoms with Crippen LogP contribution in [0.2, 0.25) is 0 Å². The minimum absolute atomic E-state index is 0.0723. The summed E-state index contributed by atoms with van der Waals surface area (Å²) in [6.07, 6.45) is 0. The second kappa shape index (κ2) is 6.44. The molecule has 0 radical (unpaired) electrons. The average Bonchev–Trinajstić information content (AvgIpc) is 3.22. The Balaban J connectivity index is 1.46. The van der Waals surface area contributed by atoms with Crippen molar-refractivity contribution in [3.05, 3.63) is 76.1 Å². The number of nitro benzene ring substituents is 1. The van der Waals surface area contributed by atoms with Crippen LogP contribution in [0.4, 0.5) is 5.69 Å². The van der Waals surface area contributed by atoms with Crippen molar-refractivity contribution in [3.8, 4) is 5.75 Å². The topological polar surface area (TPSA) is 95.1 Å². The summed E-state index contributed by atoms with van der Waals surface area (Å²) in [4.78, 5) is 10.3. The van der Waals surface area contributed by atoms with Crippen LogP contribution < -0.4 is 10.2 Å². The largest absolute Gasteiger partial charge is 0.486 e. The zero-order valence-corrected chi connectivity index (χ0v) is 13.7. The number of non-ortho nitro benzene ring substituents is 1. The molecule has 0 unspecified atom stereocenters. The van der Waals surface area contributed by atoms with Gasteiger partial charge in [-0.25, -0.2) is 4.68 Å². The van der Waals surface area contributed by atoms with Crippen molar-refractivity contribution in [2.24, 2.45) is 0 Å². The Morgan fingerprint density at radius 3 is 2.64 bits per heavy atom. The van der Waals surface area contributed by atoms with E-state index in [1.54, 1.807) is 16.8 Å². The number of nitrogens with zero attached hydrogens (tertiary/aromatic N) is 4. The minimum atomic E-state index is -0.410. The first kappa shape index (κ1) is 15.5. The van der Waals surface area contributed by atoms with Crippen LogP contribution in [0.5, 0.6) is 5.75 Å². The molecule has 126 valence electrons. The first-order valence-corrected chi connectivity index (χ1v) is 8.38. The normalized spacial score (nSPS) is 15.4. The van der Waals surface area contributed by atoms with E-state index >= 15 is 0 Å². The number of nitro groups is 1. The number of thioether (sulfide) groups is 1. The summed E-state index contributed by atoms with van der Waals surface area (Å²) in [5.41, 5.74) is 4.29. The molecule has 0 bridgehead atoms. The highest BCUT2D eigenvalue weighted by Crippen LogP contribution is 2.38. The second-order valence-corrected chi connectivity index (χ2v) is 6.38. The molecule has 8 nitrogen and oxygen atoms in total. The summed E-state index contributed by atoms with van der Waals surface area (Å²) in [6.45, 7) is 0.289. The van der Waals surface area contributed by atoms with Gasteiger partial charge in [0.05, 0.1) is 4.92 Å². The van der Waals surface area contributed by atoms with E-state index in [0.29, 0.717) is 5.82 Å². The molecule has 0 spiro atoms. The Hall–Kier alpha value is -3.07. The van der Waals surface area contributed by atoms with Gasteiger partial charge in [0.1, 0.15) is 17.7 Å². The lowest BCUT2D eigenvalue weighted by Crippen LogP contribution is -2.16. The highest BCUT2D eigenvalue weighted by molar-refractivity contribution is 7.99. The molecule has 2 heterocycles. The van der Waals surface area contributed by atoms with Crippen molar-refractivity contribution >= 4 is 17.4 Å². The zero-order valence-electron chi connectivity index (χ0n) is 12.9. The SMILES string of the molecule is O=[N+]([O-])c1ccc([C@@H]2Nn3c(COc4ccccc4)nnc3S2)cc1. The average molecular weight is 355 g/mol. The lowest BCUT2D eigenvalue weighted by molar-refractivity contribution is -0.384. The molecule has 0 aliphatic carbocycles. The maximum atomic E-state index is 10.8. The fraction of sp³-hybridized carbons (Fsp3) is 0.125. The predicted molar refractivity (Wildman–Crippen MR) is 91.9 cm³/mol. The Bertz CT molecular complexity index is 898. The van der Waals surface area contributed by atoms with Crippen LogP contribution in [0.25, 0.3) is 0 Å². The van der Waals surface area contributed by atoms with Crippen LogP contribution in [-0.2, 0) is 6.61 Å². The molecule has 1 atom stereocenters. The summed E-state index contributed by atoms with van der Waals surface area (Å²) >= 11 is 1.50. The highest BCUT2D eigenvalue weighted by Gasteiger charge is 2.28. The Kier molecular flexibility index (Phi) is 3.98. The number of fused-ring (bicyclic) bond motifs is 1. The molecule has 3 aromatic rings. The molecular weight excluding hydrogens is 342 g/mol. The standard InChI is InChI=1S/C16H13N5O3S/c22-21(23)12-8-6-11(7-9-12)15-19-20-14(17-18-16(20)25-15)10-24-13-4-2-1-3-5-13/h1-9,15,19H,10H2/t15-/m1/s1. The number of ether oxygens (including phenoxy) is 1. The summed E-state index contributed by atoms with van der Waals surface area (Å²) in [5.74, 6) is 1.42. The zero-order chi connectivity index (χ0) is 17.2. The van der Waals surface area contributed by atoms with E-state index < -0.39 is 4.92 Å².